The van der Waals surface area contributed by atoms with E-state index in [1.54, 1.807) is 25.5 Å². The van der Waals surface area contributed by atoms with E-state index >= 15 is 0 Å². The van der Waals surface area contributed by atoms with Crippen LogP contribution in [0.3, 0.4) is 0 Å². The Morgan fingerprint density at radius 2 is 1.95 bits per heavy atom. The molecule has 1 unspecified atom stereocenters. The SMILES string of the molecule is CC(=O)N1CCN(c2ccc(OC[C@H]3CO[C@](Cn4ccnc4)(C4C(Cl)=CC(Cl)=C[C@H]4C)O3)cc2)CC1. The molecule has 2 aliphatic heterocycles. The van der Waals surface area contributed by atoms with E-state index in [1.165, 1.54) is 0 Å². The first kappa shape index (κ1) is 26.1. The fourth-order valence-electron chi connectivity index (χ4n) is 5.35. The van der Waals surface area contributed by atoms with Gasteiger partial charge < -0.3 is 28.6 Å². The van der Waals surface area contributed by atoms with Crippen LogP contribution in [-0.2, 0) is 20.8 Å². The molecule has 5 rings (SSSR count). The second-order valence-electron chi connectivity index (χ2n) is 9.81. The van der Waals surface area contributed by atoms with Crippen LogP contribution in [0.5, 0.6) is 5.75 Å². The minimum Gasteiger partial charge on any atom is -0.491 e. The van der Waals surface area contributed by atoms with Crippen LogP contribution in [0.15, 0.2) is 65.2 Å². The van der Waals surface area contributed by atoms with Gasteiger partial charge >= 0.3 is 0 Å². The van der Waals surface area contributed by atoms with E-state index in [-0.39, 0.29) is 23.8 Å². The molecule has 3 heterocycles. The van der Waals surface area contributed by atoms with Crippen molar-refractivity contribution in [3.8, 4) is 5.75 Å². The Hall–Kier alpha value is -2.52. The van der Waals surface area contributed by atoms with Gasteiger partial charge in [-0.05, 0) is 36.3 Å². The van der Waals surface area contributed by atoms with Crippen molar-refractivity contribution in [3.63, 3.8) is 0 Å². The number of hydrogen-bond acceptors (Lipinski definition) is 6. The number of allylic oxidation sites excluding steroid dienone is 3. The maximum absolute atomic E-state index is 11.6. The predicted molar refractivity (Wildman–Crippen MR) is 143 cm³/mol. The minimum atomic E-state index is -0.971. The third-order valence-corrected chi connectivity index (χ3v) is 7.78. The van der Waals surface area contributed by atoms with E-state index in [0.29, 0.717) is 29.8 Å². The number of imidazole rings is 1. The van der Waals surface area contributed by atoms with Crippen molar-refractivity contribution < 1.29 is 19.0 Å². The quantitative estimate of drug-likeness (QED) is 0.517. The lowest BCUT2D eigenvalue weighted by molar-refractivity contribution is -0.213. The van der Waals surface area contributed by atoms with Gasteiger partial charge in [0.1, 0.15) is 18.5 Å². The number of rotatable bonds is 7. The lowest BCUT2D eigenvalue weighted by Crippen LogP contribution is -2.48. The first-order chi connectivity index (χ1) is 17.8. The Morgan fingerprint density at radius 1 is 1.19 bits per heavy atom. The second kappa shape index (κ2) is 11.1. The molecule has 1 aliphatic carbocycles. The monoisotopic (exact) mass is 546 g/mol. The van der Waals surface area contributed by atoms with Crippen LogP contribution in [0.4, 0.5) is 5.69 Å². The van der Waals surface area contributed by atoms with Gasteiger partial charge in [-0.25, -0.2) is 4.98 Å². The summed E-state index contributed by atoms with van der Waals surface area (Å²) in [4.78, 5) is 19.9. The molecule has 2 fully saturated rings. The summed E-state index contributed by atoms with van der Waals surface area (Å²) in [6.07, 6.45) is 8.84. The summed E-state index contributed by atoms with van der Waals surface area (Å²) >= 11 is 13.0. The van der Waals surface area contributed by atoms with Crippen LogP contribution in [0.1, 0.15) is 13.8 Å². The van der Waals surface area contributed by atoms with Crippen molar-refractivity contribution >= 4 is 34.8 Å². The van der Waals surface area contributed by atoms with Gasteiger partial charge in [-0.3, -0.25) is 4.79 Å². The van der Waals surface area contributed by atoms with Gasteiger partial charge in [0.15, 0.2) is 5.79 Å². The molecule has 0 radical (unpaired) electrons. The zero-order valence-electron chi connectivity index (χ0n) is 21.1. The Bertz CT molecular complexity index is 1150. The molecule has 0 spiro atoms. The number of amides is 1. The average Bonchev–Trinajstić information content (AvgIpc) is 3.53. The zero-order valence-corrected chi connectivity index (χ0v) is 22.6. The van der Waals surface area contributed by atoms with E-state index in [2.05, 4.69) is 28.9 Å². The van der Waals surface area contributed by atoms with Gasteiger partial charge in [-0.1, -0.05) is 36.2 Å². The van der Waals surface area contributed by atoms with Gasteiger partial charge in [0.2, 0.25) is 5.91 Å². The van der Waals surface area contributed by atoms with Crippen molar-refractivity contribution in [3.05, 3.63) is 65.2 Å². The lowest BCUT2D eigenvalue weighted by atomic mass is 9.82. The third kappa shape index (κ3) is 5.82. The van der Waals surface area contributed by atoms with Crippen LogP contribution in [0.25, 0.3) is 0 Å². The van der Waals surface area contributed by atoms with Gasteiger partial charge in [-0.2, -0.15) is 0 Å². The number of anilines is 1. The fraction of sp³-hybridized carbons (Fsp3) is 0.481. The number of aromatic nitrogens is 2. The van der Waals surface area contributed by atoms with Crippen LogP contribution < -0.4 is 9.64 Å². The summed E-state index contributed by atoms with van der Waals surface area (Å²) in [5.74, 6) is -0.265. The molecule has 0 N–H and O–H groups in total. The topological polar surface area (TPSA) is 69.1 Å². The molecule has 198 valence electrons. The summed E-state index contributed by atoms with van der Waals surface area (Å²) in [6, 6.07) is 8.05. The molecular formula is C27H32Cl2N4O4. The summed E-state index contributed by atoms with van der Waals surface area (Å²) in [7, 11) is 0. The molecule has 2 saturated heterocycles. The van der Waals surface area contributed by atoms with E-state index in [1.807, 2.05) is 33.9 Å². The summed E-state index contributed by atoms with van der Waals surface area (Å²) in [5, 5.41) is 1.23. The standard InChI is InChI=1S/C27H32Cl2N4O4/c1-19-13-21(28)14-25(29)26(19)27(17-31-8-7-30-18-31)36-16-24(37-27)15-35-23-5-3-22(4-6-23)33-11-9-32(10-12-33)20(2)34/h3-8,13-14,18-19,24,26H,9-12,15-17H2,1-2H3/t19-,24+,26?,27+/m1/s1. The zero-order chi connectivity index (χ0) is 26.0. The Morgan fingerprint density at radius 3 is 2.59 bits per heavy atom. The molecule has 8 nitrogen and oxygen atoms in total. The summed E-state index contributed by atoms with van der Waals surface area (Å²) in [5.41, 5.74) is 1.12. The van der Waals surface area contributed by atoms with Gasteiger partial charge in [0, 0.05) is 61.2 Å². The Kier molecular flexibility index (Phi) is 7.81. The lowest BCUT2D eigenvalue weighted by Gasteiger charge is -2.40. The summed E-state index contributed by atoms with van der Waals surface area (Å²) < 4.78 is 21.0. The van der Waals surface area contributed by atoms with E-state index < -0.39 is 5.79 Å². The fourth-order valence-corrected chi connectivity index (χ4v) is 6.20. The molecule has 2 aromatic rings. The van der Waals surface area contributed by atoms with Crippen molar-refractivity contribution in [2.24, 2.45) is 11.8 Å². The average molecular weight is 547 g/mol. The van der Waals surface area contributed by atoms with Crippen LogP contribution >= 0.6 is 23.2 Å². The molecule has 1 aromatic carbocycles. The van der Waals surface area contributed by atoms with E-state index in [9.17, 15) is 4.79 Å². The first-order valence-corrected chi connectivity index (χ1v) is 13.3. The van der Waals surface area contributed by atoms with Crippen molar-refractivity contribution in [1.29, 1.82) is 0 Å². The second-order valence-corrected chi connectivity index (χ2v) is 10.7. The Balaban J connectivity index is 1.22. The maximum Gasteiger partial charge on any atom is 0.219 e. The number of nitrogens with zero attached hydrogens (tertiary/aromatic N) is 4. The number of ether oxygens (including phenoxy) is 3. The summed E-state index contributed by atoms with van der Waals surface area (Å²) in [6.45, 7) is 8.00. The number of piperazine rings is 1. The molecule has 10 heteroatoms. The highest BCUT2D eigenvalue weighted by atomic mass is 35.5. The van der Waals surface area contributed by atoms with E-state index in [4.69, 9.17) is 37.4 Å². The molecular weight excluding hydrogens is 515 g/mol. The molecule has 0 saturated carbocycles. The minimum absolute atomic E-state index is 0.0260. The highest BCUT2D eigenvalue weighted by Crippen LogP contribution is 2.46. The maximum atomic E-state index is 11.6. The Labute approximate surface area is 227 Å². The third-order valence-electron chi connectivity index (χ3n) is 7.20. The number of hydrogen-bond donors (Lipinski definition) is 0. The predicted octanol–water partition coefficient (Wildman–Crippen LogP) is 4.25. The van der Waals surface area contributed by atoms with Crippen LogP contribution in [0.2, 0.25) is 0 Å². The van der Waals surface area contributed by atoms with Crippen molar-refractivity contribution in [2.75, 3.05) is 44.3 Å². The normalized spacial score (nSPS) is 28.2. The number of benzene rings is 1. The van der Waals surface area contributed by atoms with Crippen LogP contribution in [-0.4, -0.2) is 71.6 Å². The van der Waals surface area contributed by atoms with Crippen LogP contribution in [0, 0.1) is 11.8 Å². The molecule has 3 aliphatic rings. The van der Waals surface area contributed by atoms with Crippen molar-refractivity contribution in [1.82, 2.24) is 14.5 Å². The van der Waals surface area contributed by atoms with Gasteiger partial charge in [0.05, 0.1) is 25.4 Å². The van der Waals surface area contributed by atoms with Gasteiger partial charge in [0.25, 0.3) is 0 Å². The van der Waals surface area contributed by atoms with Crippen molar-refractivity contribution in [2.45, 2.75) is 32.3 Å². The smallest absolute Gasteiger partial charge is 0.219 e. The number of carbonyl (C=O) groups is 1. The highest BCUT2D eigenvalue weighted by molar-refractivity contribution is 6.35. The number of halogens is 2. The number of carbonyl (C=O) groups excluding carboxylic acids is 1. The molecule has 1 amide bonds. The molecule has 37 heavy (non-hydrogen) atoms. The first-order valence-electron chi connectivity index (χ1n) is 12.6. The van der Waals surface area contributed by atoms with Gasteiger partial charge in [-0.15, -0.1) is 0 Å². The largest absolute Gasteiger partial charge is 0.491 e. The molecule has 0 bridgehead atoms. The van der Waals surface area contributed by atoms with E-state index in [0.717, 1.165) is 37.6 Å². The molecule has 4 atom stereocenters. The highest BCUT2D eigenvalue weighted by Gasteiger charge is 2.52. The molecule has 1 aromatic heterocycles.